The van der Waals surface area contributed by atoms with Crippen molar-refractivity contribution < 1.29 is 4.79 Å². The fourth-order valence-electron chi connectivity index (χ4n) is 2.32. The minimum Gasteiger partial charge on any atom is -0.347 e. The number of rotatable bonds is 6. The van der Waals surface area contributed by atoms with Crippen LogP contribution >= 0.6 is 11.3 Å². The third kappa shape index (κ3) is 3.78. The number of nitrogens with one attached hydrogen (secondary N) is 2. The molecule has 5 heteroatoms. The fourth-order valence-corrected chi connectivity index (χ4v) is 3.09. The van der Waals surface area contributed by atoms with Gasteiger partial charge in [-0.2, -0.15) is 0 Å². The fraction of sp³-hybridized carbons (Fsp3) is 0.692. The van der Waals surface area contributed by atoms with Crippen LogP contribution in [0, 0.1) is 0 Å². The SMILES string of the molecule is CCC(NC(=O)CCC1CCCN1)c1nccs1. The molecule has 1 aromatic heterocycles. The molecule has 100 valence electrons. The molecule has 2 rings (SSSR count). The van der Waals surface area contributed by atoms with Crippen LogP contribution in [0.15, 0.2) is 11.6 Å². The molecule has 0 aromatic carbocycles. The molecule has 2 unspecified atom stereocenters. The van der Waals surface area contributed by atoms with Crippen LogP contribution in [0.2, 0.25) is 0 Å². The van der Waals surface area contributed by atoms with Crippen LogP contribution in [0.3, 0.4) is 0 Å². The molecule has 1 fully saturated rings. The summed E-state index contributed by atoms with van der Waals surface area (Å²) in [6, 6.07) is 0.615. The van der Waals surface area contributed by atoms with Crippen molar-refractivity contribution in [3.8, 4) is 0 Å². The van der Waals surface area contributed by atoms with Gasteiger partial charge in [-0.15, -0.1) is 11.3 Å². The number of hydrogen-bond donors (Lipinski definition) is 2. The van der Waals surface area contributed by atoms with Crippen LogP contribution in [0.5, 0.6) is 0 Å². The summed E-state index contributed by atoms with van der Waals surface area (Å²) in [5.41, 5.74) is 0. The Hall–Kier alpha value is -0.940. The van der Waals surface area contributed by atoms with Gasteiger partial charge in [0.15, 0.2) is 0 Å². The molecule has 1 aliphatic heterocycles. The lowest BCUT2D eigenvalue weighted by Gasteiger charge is -2.15. The van der Waals surface area contributed by atoms with Crippen molar-refractivity contribution in [2.24, 2.45) is 0 Å². The van der Waals surface area contributed by atoms with Crippen molar-refractivity contribution in [3.05, 3.63) is 16.6 Å². The summed E-state index contributed by atoms with van der Waals surface area (Å²) in [5.74, 6) is 0.144. The minimum atomic E-state index is 0.0778. The number of amides is 1. The van der Waals surface area contributed by atoms with Crippen LogP contribution in [0.4, 0.5) is 0 Å². The number of carbonyl (C=O) groups is 1. The first-order valence-corrected chi connectivity index (χ1v) is 7.59. The number of aromatic nitrogens is 1. The lowest BCUT2D eigenvalue weighted by Crippen LogP contribution is -2.30. The van der Waals surface area contributed by atoms with E-state index in [2.05, 4.69) is 22.5 Å². The van der Waals surface area contributed by atoms with Gasteiger partial charge in [-0.1, -0.05) is 6.92 Å². The second-order valence-electron chi connectivity index (χ2n) is 4.73. The third-order valence-electron chi connectivity index (χ3n) is 3.38. The van der Waals surface area contributed by atoms with E-state index >= 15 is 0 Å². The van der Waals surface area contributed by atoms with Gasteiger partial charge in [0.25, 0.3) is 0 Å². The van der Waals surface area contributed by atoms with Crippen molar-refractivity contribution in [1.82, 2.24) is 15.6 Å². The Labute approximate surface area is 112 Å². The Morgan fingerprint density at radius 1 is 1.72 bits per heavy atom. The maximum absolute atomic E-state index is 11.9. The molecule has 1 amide bonds. The topological polar surface area (TPSA) is 54.0 Å². The van der Waals surface area contributed by atoms with E-state index in [9.17, 15) is 4.79 Å². The number of hydrogen-bond acceptors (Lipinski definition) is 4. The van der Waals surface area contributed by atoms with Gasteiger partial charge in [0, 0.05) is 24.0 Å². The molecule has 2 heterocycles. The molecule has 0 spiro atoms. The lowest BCUT2D eigenvalue weighted by molar-refractivity contribution is -0.122. The van der Waals surface area contributed by atoms with Gasteiger partial charge in [0.1, 0.15) is 5.01 Å². The van der Waals surface area contributed by atoms with E-state index in [1.165, 1.54) is 12.8 Å². The predicted molar refractivity (Wildman–Crippen MR) is 73.5 cm³/mol. The quantitative estimate of drug-likeness (QED) is 0.831. The van der Waals surface area contributed by atoms with E-state index in [0.717, 1.165) is 24.4 Å². The molecule has 0 radical (unpaired) electrons. The highest BCUT2D eigenvalue weighted by Crippen LogP contribution is 2.19. The van der Waals surface area contributed by atoms with Crippen LogP contribution in [-0.4, -0.2) is 23.5 Å². The highest BCUT2D eigenvalue weighted by Gasteiger charge is 2.18. The second-order valence-corrected chi connectivity index (χ2v) is 5.66. The summed E-state index contributed by atoms with van der Waals surface area (Å²) in [6.45, 7) is 3.17. The molecule has 1 aliphatic rings. The van der Waals surface area contributed by atoms with Crippen molar-refractivity contribution in [1.29, 1.82) is 0 Å². The van der Waals surface area contributed by atoms with Crippen molar-refractivity contribution in [2.45, 2.75) is 51.1 Å². The smallest absolute Gasteiger partial charge is 0.220 e. The van der Waals surface area contributed by atoms with E-state index in [-0.39, 0.29) is 11.9 Å². The Balaban J connectivity index is 1.75. The molecular weight excluding hydrogens is 246 g/mol. The Kier molecular flexibility index (Phi) is 5.13. The van der Waals surface area contributed by atoms with Crippen LogP contribution in [0.25, 0.3) is 0 Å². The number of thiazole rings is 1. The van der Waals surface area contributed by atoms with E-state index in [4.69, 9.17) is 0 Å². The minimum absolute atomic E-state index is 0.0778. The Morgan fingerprint density at radius 3 is 3.22 bits per heavy atom. The van der Waals surface area contributed by atoms with Crippen LogP contribution < -0.4 is 10.6 Å². The zero-order valence-electron chi connectivity index (χ0n) is 10.8. The predicted octanol–water partition coefficient (Wildman–Crippen LogP) is 2.24. The van der Waals surface area contributed by atoms with Gasteiger partial charge in [-0.05, 0) is 32.2 Å². The average molecular weight is 267 g/mol. The van der Waals surface area contributed by atoms with Gasteiger partial charge < -0.3 is 10.6 Å². The van der Waals surface area contributed by atoms with Gasteiger partial charge in [0.05, 0.1) is 6.04 Å². The number of nitrogens with zero attached hydrogens (tertiary/aromatic N) is 1. The molecule has 0 saturated carbocycles. The molecular formula is C13H21N3OS. The molecule has 0 aliphatic carbocycles. The van der Waals surface area contributed by atoms with E-state index < -0.39 is 0 Å². The molecule has 1 saturated heterocycles. The maximum Gasteiger partial charge on any atom is 0.220 e. The third-order valence-corrected chi connectivity index (χ3v) is 4.26. The first kappa shape index (κ1) is 13.5. The highest BCUT2D eigenvalue weighted by molar-refractivity contribution is 7.09. The first-order valence-electron chi connectivity index (χ1n) is 6.71. The van der Waals surface area contributed by atoms with Crippen molar-refractivity contribution >= 4 is 17.2 Å². The molecule has 0 bridgehead atoms. The van der Waals surface area contributed by atoms with Crippen LogP contribution in [-0.2, 0) is 4.79 Å². The molecule has 2 N–H and O–H groups in total. The largest absolute Gasteiger partial charge is 0.347 e. The van der Waals surface area contributed by atoms with Crippen molar-refractivity contribution in [3.63, 3.8) is 0 Å². The zero-order valence-corrected chi connectivity index (χ0v) is 11.6. The summed E-state index contributed by atoms with van der Waals surface area (Å²) >= 11 is 1.60. The van der Waals surface area contributed by atoms with E-state index in [0.29, 0.717) is 12.5 Å². The molecule has 18 heavy (non-hydrogen) atoms. The van der Waals surface area contributed by atoms with Gasteiger partial charge in [-0.3, -0.25) is 4.79 Å². The van der Waals surface area contributed by atoms with Gasteiger partial charge in [-0.25, -0.2) is 4.98 Å². The average Bonchev–Trinajstić information content (AvgIpc) is 3.05. The van der Waals surface area contributed by atoms with E-state index in [1.807, 2.05) is 5.38 Å². The summed E-state index contributed by atoms with van der Waals surface area (Å²) in [7, 11) is 0. The highest BCUT2D eigenvalue weighted by atomic mass is 32.1. The normalized spacial score (nSPS) is 20.8. The lowest BCUT2D eigenvalue weighted by atomic mass is 10.1. The van der Waals surface area contributed by atoms with Crippen LogP contribution in [0.1, 0.15) is 50.1 Å². The monoisotopic (exact) mass is 267 g/mol. The first-order chi connectivity index (χ1) is 8.79. The Bertz CT molecular complexity index is 360. The summed E-state index contributed by atoms with van der Waals surface area (Å²) in [6.07, 6.45) is 6.68. The molecule has 1 aromatic rings. The van der Waals surface area contributed by atoms with Gasteiger partial charge >= 0.3 is 0 Å². The van der Waals surface area contributed by atoms with Crippen molar-refractivity contribution in [2.75, 3.05) is 6.54 Å². The summed E-state index contributed by atoms with van der Waals surface area (Å²) < 4.78 is 0. The zero-order chi connectivity index (χ0) is 12.8. The van der Waals surface area contributed by atoms with E-state index in [1.54, 1.807) is 17.5 Å². The standard InChI is InChI=1S/C13H21N3OS/c1-2-11(13-15-8-9-18-13)16-12(17)6-5-10-4-3-7-14-10/h8-11,14H,2-7H2,1H3,(H,16,17). The summed E-state index contributed by atoms with van der Waals surface area (Å²) in [4.78, 5) is 16.2. The molecule has 2 atom stereocenters. The van der Waals surface area contributed by atoms with Gasteiger partial charge in [0.2, 0.25) is 5.91 Å². The second kappa shape index (κ2) is 6.85. The molecule has 4 nitrogen and oxygen atoms in total. The Morgan fingerprint density at radius 2 is 2.61 bits per heavy atom. The maximum atomic E-state index is 11.9. The summed E-state index contributed by atoms with van der Waals surface area (Å²) in [5, 5.41) is 9.45. The number of carbonyl (C=O) groups excluding carboxylic acids is 1.